The molecular weight excluding hydrogens is 440 g/mol. The van der Waals surface area contributed by atoms with E-state index in [4.69, 9.17) is 0 Å². The van der Waals surface area contributed by atoms with Gasteiger partial charge in [-0.05, 0) is 94.5 Å². The van der Waals surface area contributed by atoms with E-state index in [-0.39, 0.29) is 24.7 Å². The molecule has 2 aliphatic carbocycles. The summed E-state index contributed by atoms with van der Waals surface area (Å²) in [6, 6.07) is 8.00. The summed E-state index contributed by atoms with van der Waals surface area (Å²) in [5.74, 6) is 1.19. The molecule has 4 N–H and O–H groups in total. The highest BCUT2D eigenvalue weighted by atomic mass is 33.1. The summed E-state index contributed by atoms with van der Waals surface area (Å²) >= 11 is 0. The van der Waals surface area contributed by atoms with Gasteiger partial charge in [0.05, 0.1) is 23.0 Å². The lowest BCUT2D eigenvalue weighted by Gasteiger charge is -2.24. The van der Waals surface area contributed by atoms with E-state index in [9.17, 15) is 20.4 Å². The summed E-state index contributed by atoms with van der Waals surface area (Å²) in [4.78, 5) is 1.44. The van der Waals surface area contributed by atoms with E-state index < -0.39 is 0 Å². The van der Waals surface area contributed by atoms with Crippen LogP contribution >= 0.6 is 21.6 Å². The molecular formula is C26H34O4S2. The van der Waals surface area contributed by atoms with E-state index in [0.717, 1.165) is 35.5 Å². The van der Waals surface area contributed by atoms with Gasteiger partial charge < -0.3 is 20.4 Å². The van der Waals surface area contributed by atoms with Crippen molar-refractivity contribution in [3.05, 3.63) is 46.5 Å². The Kier molecular flexibility index (Phi) is 8.32. The lowest BCUT2D eigenvalue weighted by molar-refractivity contribution is 0.273. The number of aliphatic hydroxyl groups excluding tert-OH is 2. The molecule has 2 fully saturated rings. The number of hydrogen-bond donors (Lipinski definition) is 4. The molecule has 6 heteroatoms. The van der Waals surface area contributed by atoms with Crippen molar-refractivity contribution in [3.63, 3.8) is 0 Å². The highest BCUT2D eigenvalue weighted by molar-refractivity contribution is 8.76. The Morgan fingerprint density at radius 1 is 0.594 bits per heavy atom. The minimum atomic E-state index is -0.193. The van der Waals surface area contributed by atoms with Gasteiger partial charge in [0.1, 0.15) is 11.5 Å². The van der Waals surface area contributed by atoms with E-state index in [1.807, 2.05) is 12.1 Å². The summed E-state index contributed by atoms with van der Waals surface area (Å²) in [5, 5.41) is 41.0. The molecule has 0 heterocycles. The molecule has 0 radical (unpaired) electrons. The first-order chi connectivity index (χ1) is 15.6. The van der Waals surface area contributed by atoms with Crippen LogP contribution in [0.3, 0.4) is 0 Å². The Labute approximate surface area is 198 Å². The van der Waals surface area contributed by atoms with Crippen molar-refractivity contribution in [1.29, 1.82) is 0 Å². The maximum Gasteiger partial charge on any atom is 0.135 e. The SMILES string of the molecule is OCc1cc(C2CCCCC2)cc(SSc2cc(C3CCCCC3)cc(CO)c2O)c1O. The predicted octanol–water partition coefficient (Wildman–Crippen LogP) is 6.98. The van der Waals surface area contributed by atoms with E-state index in [2.05, 4.69) is 12.1 Å². The van der Waals surface area contributed by atoms with Crippen LogP contribution in [0.5, 0.6) is 11.5 Å². The molecule has 32 heavy (non-hydrogen) atoms. The summed E-state index contributed by atoms with van der Waals surface area (Å²) in [7, 11) is 2.82. The maximum absolute atomic E-state index is 10.7. The molecule has 0 spiro atoms. The van der Waals surface area contributed by atoms with Gasteiger partial charge in [0, 0.05) is 11.1 Å². The fraction of sp³-hybridized carbons (Fsp3) is 0.538. The topological polar surface area (TPSA) is 80.9 Å². The monoisotopic (exact) mass is 474 g/mol. The maximum atomic E-state index is 10.7. The molecule has 0 atom stereocenters. The third-order valence-corrected chi connectivity index (χ3v) is 9.46. The van der Waals surface area contributed by atoms with Crippen LogP contribution in [0.2, 0.25) is 0 Å². The Morgan fingerprint density at radius 3 is 1.31 bits per heavy atom. The van der Waals surface area contributed by atoms with Crippen LogP contribution in [-0.4, -0.2) is 20.4 Å². The van der Waals surface area contributed by atoms with Crippen LogP contribution in [0.4, 0.5) is 0 Å². The second-order valence-corrected chi connectivity index (χ2v) is 11.4. The van der Waals surface area contributed by atoms with Gasteiger partial charge in [-0.25, -0.2) is 0 Å². The van der Waals surface area contributed by atoms with Crippen molar-refractivity contribution in [2.75, 3.05) is 0 Å². The van der Waals surface area contributed by atoms with Crippen LogP contribution in [0.25, 0.3) is 0 Å². The standard InChI is InChI=1S/C26H34O4S2/c27-15-21-11-19(17-7-3-1-4-8-17)13-23(25(21)29)31-32-24-14-20(12-22(16-28)26(24)30)18-9-5-2-6-10-18/h11-14,17-18,27-30H,1-10,15-16H2. The lowest BCUT2D eigenvalue weighted by Crippen LogP contribution is -2.05. The van der Waals surface area contributed by atoms with E-state index in [0.29, 0.717) is 23.0 Å². The second-order valence-electron chi connectivity index (χ2n) is 9.21. The van der Waals surface area contributed by atoms with E-state index in [1.54, 1.807) is 0 Å². The van der Waals surface area contributed by atoms with Crippen molar-refractivity contribution in [3.8, 4) is 11.5 Å². The number of phenols is 2. The first-order valence-electron chi connectivity index (χ1n) is 11.9. The second kappa shape index (κ2) is 11.2. The van der Waals surface area contributed by atoms with Gasteiger partial charge in [0.2, 0.25) is 0 Å². The highest BCUT2D eigenvalue weighted by Crippen LogP contribution is 2.49. The van der Waals surface area contributed by atoms with Gasteiger partial charge in [-0.15, -0.1) is 0 Å². The zero-order valence-corrected chi connectivity index (χ0v) is 20.2. The van der Waals surface area contributed by atoms with Gasteiger partial charge in [-0.2, -0.15) is 0 Å². The smallest absolute Gasteiger partial charge is 0.135 e. The number of benzene rings is 2. The molecule has 0 bridgehead atoms. The molecule has 0 amide bonds. The zero-order valence-electron chi connectivity index (χ0n) is 18.6. The molecule has 2 saturated carbocycles. The molecule has 2 aromatic rings. The molecule has 174 valence electrons. The molecule has 0 unspecified atom stereocenters. The van der Waals surface area contributed by atoms with Crippen LogP contribution in [-0.2, 0) is 13.2 Å². The number of aliphatic hydroxyl groups is 2. The van der Waals surface area contributed by atoms with Crippen molar-refractivity contribution < 1.29 is 20.4 Å². The average Bonchev–Trinajstić information content (AvgIpc) is 2.85. The average molecular weight is 475 g/mol. The fourth-order valence-corrected chi connectivity index (χ4v) is 7.45. The molecule has 4 nitrogen and oxygen atoms in total. The molecule has 0 saturated heterocycles. The Morgan fingerprint density at radius 2 is 0.969 bits per heavy atom. The highest BCUT2D eigenvalue weighted by Gasteiger charge is 2.22. The van der Waals surface area contributed by atoms with Gasteiger partial charge in [-0.3, -0.25) is 0 Å². The van der Waals surface area contributed by atoms with Crippen molar-refractivity contribution in [2.45, 2.75) is 99.0 Å². The van der Waals surface area contributed by atoms with Crippen LogP contribution in [0.1, 0.15) is 98.3 Å². The van der Waals surface area contributed by atoms with Gasteiger partial charge in [-0.1, -0.05) is 38.5 Å². The third-order valence-electron chi connectivity index (χ3n) is 7.07. The zero-order chi connectivity index (χ0) is 22.5. The van der Waals surface area contributed by atoms with E-state index >= 15 is 0 Å². The summed E-state index contributed by atoms with van der Waals surface area (Å²) < 4.78 is 0. The van der Waals surface area contributed by atoms with Gasteiger partial charge in [0.25, 0.3) is 0 Å². The minimum Gasteiger partial charge on any atom is -0.506 e. The van der Waals surface area contributed by atoms with Crippen LogP contribution in [0, 0.1) is 0 Å². The Bertz CT molecular complexity index is 843. The first kappa shape index (κ1) is 23.8. The van der Waals surface area contributed by atoms with Crippen LogP contribution < -0.4 is 0 Å². The number of aromatic hydroxyl groups is 2. The van der Waals surface area contributed by atoms with Gasteiger partial charge in [0.15, 0.2) is 0 Å². The van der Waals surface area contributed by atoms with Crippen molar-refractivity contribution in [2.24, 2.45) is 0 Å². The van der Waals surface area contributed by atoms with Crippen molar-refractivity contribution >= 4 is 21.6 Å². The van der Waals surface area contributed by atoms with Crippen LogP contribution in [0.15, 0.2) is 34.1 Å². The van der Waals surface area contributed by atoms with E-state index in [1.165, 1.54) is 71.2 Å². The first-order valence-corrected chi connectivity index (χ1v) is 14.0. The quantitative estimate of drug-likeness (QED) is 0.324. The summed E-state index contributed by atoms with van der Waals surface area (Å²) in [6.45, 7) is -0.386. The largest absolute Gasteiger partial charge is 0.506 e. The number of hydrogen-bond acceptors (Lipinski definition) is 6. The minimum absolute atomic E-state index is 0.120. The fourth-order valence-electron chi connectivity index (χ4n) is 5.18. The predicted molar refractivity (Wildman–Crippen MR) is 131 cm³/mol. The molecule has 4 rings (SSSR count). The summed E-state index contributed by atoms with van der Waals surface area (Å²) in [5.41, 5.74) is 3.50. The molecule has 0 aromatic heterocycles. The van der Waals surface area contributed by atoms with Gasteiger partial charge >= 0.3 is 0 Å². The number of rotatable bonds is 7. The van der Waals surface area contributed by atoms with Crippen molar-refractivity contribution in [1.82, 2.24) is 0 Å². The Balaban J connectivity index is 1.59. The molecule has 0 aliphatic heterocycles. The molecule has 2 aliphatic rings. The normalized spacial score (nSPS) is 18.2. The molecule has 2 aromatic carbocycles. The lowest BCUT2D eigenvalue weighted by atomic mass is 9.83. The summed E-state index contributed by atoms with van der Waals surface area (Å²) in [6.07, 6.45) is 12.1. The third kappa shape index (κ3) is 5.41. The Hall–Kier alpha value is -1.34.